The second kappa shape index (κ2) is 5.69. The maximum Gasteiger partial charge on any atom is 0.391 e. The van der Waals surface area contributed by atoms with Gasteiger partial charge in [0.2, 0.25) is 5.91 Å². The Labute approximate surface area is 111 Å². The van der Waals surface area contributed by atoms with Crippen molar-refractivity contribution < 1.29 is 18.0 Å². The maximum absolute atomic E-state index is 12.7. The lowest BCUT2D eigenvalue weighted by molar-refractivity contribution is -0.184. The molecular weight excluding hydrogens is 257 g/mol. The summed E-state index contributed by atoms with van der Waals surface area (Å²) in [5, 5.41) is 5.89. The van der Waals surface area contributed by atoms with Gasteiger partial charge in [0.15, 0.2) is 0 Å². The summed E-state index contributed by atoms with van der Waals surface area (Å²) in [6.07, 6.45) is -1.80. The van der Waals surface area contributed by atoms with Crippen LogP contribution >= 0.6 is 0 Å². The number of amides is 1. The van der Waals surface area contributed by atoms with E-state index < -0.39 is 12.1 Å². The monoisotopic (exact) mass is 278 g/mol. The van der Waals surface area contributed by atoms with Gasteiger partial charge in [-0.25, -0.2) is 0 Å². The number of hydrogen-bond acceptors (Lipinski definition) is 2. The zero-order chi connectivity index (χ0) is 14.0. The summed E-state index contributed by atoms with van der Waals surface area (Å²) in [6.45, 7) is 2.79. The summed E-state index contributed by atoms with van der Waals surface area (Å²) >= 11 is 0. The molecule has 1 heterocycles. The molecule has 2 N–H and O–H groups in total. The minimum absolute atomic E-state index is 0.0241. The molecule has 2 fully saturated rings. The van der Waals surface area contributed by atoms with Crippen LogP contribution in [-0.2, 0) is 4.79 Å². The molecule has 1 aliphatic carbocycles. The summed E-state index contributed by atoms with van der Waals surface area (Å²) in [5.74, 6) is -1.15. The number of halogens is 3. The van der Waals surface area contributed by atoms with Gasteiger partial charge >= 0.3 is 6.18 Å². The Bertz CT molecular complexity index is 332. The van der Waals surface area contributed by atoms with Gasteiger partial charge in [-0.15, -0.1) is 0 Å². The van der Waals surface area contributed by atoms with Gasteiger partial charge in [-0.3, -0.25) is 4.79 Å². The zero-order valence-electron chi connectivity index (χ0n) is 11.1. The molecule has 1 aliphatic heterocycles. The van der Waals surface area contributed by atoms with Crippen LogP contribution in [0.3, 0.4) is 0 Å². The van der Waals surface area contributed by atoms with E-state index in [9.17, 15) is 18.0 Å². The van der Waals surface area contributed by atoms with E-state index in [4.69, 9.17) is 0 Å². The van der Waals surface area contributed by atoms with Gasteiger partial charge in [0.1, 0.15) is 0 Å². The molecule has 1 saturated carbocycles. The van der Waals surface area contributed by atoms with Gasteiger partial charge in [-0.2, -0.15) is 13.2 Å². The standard InChI is InChI=1S/C13H21F3N2O/c1-8-5-6-17-11(8)12(19)18-10-4-2-3-9(7-10)13(14,15)16/h8-11,17H,2-7H2,1H3,(H,18,19). The highest BCUT2D eigenvalue weighted by Gasteiger charge is 2.42. The molecule has 0 radical (unpaired) electrons. The molecule has 3 nitrogen and oxygen atoms in total. The minimum atomic E-state index is -4.14. The van der Waals surface area contributed by atoms with Gasteiger partial charge in [0, 0.05) is 6.04 Å². The summed E-state index contributed by atoms with van der Waals surface area (Å²) in [5.41, 5.74) is 0. The molecule has 0 spiro atoms. The highest BCUT2D eigenvalue weighted by Crippen LogP contribution is 2.37. The number of carbonyl (C=O) groups excluding carboxylic acids is 1. The molecule has 110 valence electrons. The van der Waals surface area contributed by atoms with Crippen LogP contribution < -0.4 is 10.6 Å². The summed E-state index contributed by atoms with van der Waals surface area (Å²) < 4.78 is 38.1. The van der Waals surface area contributed by atoms with Gasteiger partial charge in [0.05, 0.1) is 12.0 Å². The summed E-state index contributed by atoms with van der Waals surface area (Å²) in [4.78, 5) is 12.0. The molecular formula is C13H21F3N2O. The van der Waals surface area contributed by atoms with Crippen LogP contribution in [0.15, 0.2) is 0 Å². The fourth-order valence-electron chi connectivity index (χ4n) is 3.09. The Balaban J connectivity index is 1.87. The van der Waals surface area contributed by atoms with E-state index in [0.29, 0.717) is 12.8 Å². The maximum atomic E-state index is 12.7. The first-order chi connectivity index (χ1) is 8.88. The average Bonchev–Trinajstić information content (AvgIpc) is 2.75. The number of nitrogens with one attached hydrogen (secondary N) is 2. The summed E-state index contributed by atoms with van der Waals surface area (Å²) in [7, 11) is 0. The molecule has 0 bridgehead atoms. The first kappa shape index (κ1) is 14.6. The van der Waals surface area contributed by atoms with Crippen LogP contribution in [-0.4, -0.2) is 30.7 Å². The van der Waals surface area contributed by atoms with Crippen LogP contribution in [0.2, 0.25) is 0 Å². The molecule has 0 aromatic heterocycles. The van der Waals surface area contributed by atoms with Crippen LogP contribution in [0.4, 0.5) is 13.2 Å². The molecule has 1 saturated heterocycles. The van der Waals surface area contributed by atoms with Crippen molar-refractivity contribution in [1.82, 2.24) is 10.6 Å². The highest BCUT2D eigenvalue weighted by molar-refractivity contribution is 5.82. The molecule has 1 amide bonds. The number of rotatable bonds is 2. The third-order valence-corrected chi connectivity index (χ3v) is 4.30. The van der Waals surface area contributed by atoms with E-state index in [1.165, 1.54) is 0 Å². The van der Waals surface area contributed by atoms with Gasteiger partial charge in [-0.05, 0) is 38.1 Å². The molecule has 4 unspecified atom stereocenters. The van der Waals surface area contributed by atoms with E-state index >= 15 is 0 Å². The largest absolute Gasteiger partial charge is 0.391 e. The van der Waals surface area contributed by atoms with Gasteiger partial charge in [0.25, 0.3) is 0 Å². The normalized spacial score (nSPS) is 36.2. The molecule has 6 heteroatoms. The fourth-order valence-corrected chi connectivity index (χ4v) is 3.09. The third-order valence-electron chi connectivity index (χ3n) is 4.30. The molecule has 0 aromatic carbocycles. The van der Waals surface area contributed by atoms with Crippen LogP contribution in [0.25, 0.3) is 0 Å². The topological polar surface area (TPSA) is 41.1 Å². The Kier molecular flexibility index (Phi) is 4.38. The third kappa shape index (κ3) is 3.61. The van der Waals surface area contributed by atoms with Crippen LogP contribution in [0, 0.1) is 11.8 Å². The van der Waals surface area contributed by atoms with E-state index in [1.54, 1.807) is 0 Å². The Hall–Kier alpha value is -0.780. The fraction of sp³-hybridized carbons (Fsp3) is 0.923. The molecule has 19 heavy (non-hydrogen) atoms. The van der Waals surface area contributed by atoms with Crippen molar-refractivity contribution in [2.45, 2.75) is 57.3 Å². The number of hydrogen-bond donors (Lipinski definition) is 2. The average molecular weight is 278 g/mol. The SMILES string of the molecule is CC1CCNC1C(=O)NC1CCCC(C(F)(F)F)C1. The Morgan fingerprint density at radius 1 is 1.26 bits per heavy atom. The molecule has 0 aromatic rings. The van der Waals surface area contributed by atoms with Gasteiger partial charge < -0.3 is 10.6 Å². The van der Waals surface area contributed by atoms with Crippen molar-refractivity contribution in [3.8, 4) is 0 Å². The summed E-state index contributed by atoms with van der Waals surface area (Å²) in [6, 6.07) is -0.575. The van der Waals surface area contributed by atoms with Crippen LogP contribution in [0.1, 0.15) is 39.0 Å². The smallest absolute Gasteiger partial charge is 0.352 e. The van der Waals surface area contributed by atoms with E-state index in [0.717, 1.165) is 13.0 Å². The second-order valence-corrected chi connectivity index (χ2v) is 5.81. The predicted molar refractivity (Wildman–Crippen MR) is 65.5 cm³/mol. The van der Waals surface area contributed by atoms with Crippen molar-refractivity contribution in [3.05, 3.63) is 0 Å². The first-order valence-corrected chi connectivity index (χ1v) is 6.98. The van der Waals surface area contributed by atoms with Crippen molar-refractivity contribution >= 4 is 5.91 Å². The van der Waals surface area contributed by atoms with E-state index in [2.05, 4.69) is 10.6 Å². The van der Waals surface area contributed by atoms with Crippen molar-refractivity contribution in [2.75, 3.05) is 6.54 Å². The van der Waals surface area contributed by atoms with Gasteiger partial charge in [-0.1, -0.05) is 13.3 Å². The quantitative estimate of drug-likeness (QED) is 0.813. The minimum Gasteiger partial charge on any atom is -0.352 e. The van der Waals surface area contributed by atoms with E-state index in [1.807, 2.05) is 6.92 Å². The van der Waals surface area contributed by atoms with Crippen molar-refractivity contribution in [1.29, 1.82) is 0 Å². The van der Waals surface area contributed by atoms with Crippen molar-refractivity contribution in [2.24, 2.45) is 11.8 Å². The second-order valence-electron chi connectivity index (χ2n) is 5.81. The number of alkyl halides is 3. The van der Waals surface area contributed by atoms with E-state index in [-0.39, 0.29) is 36.8 Å². The Morgan fingerprint density at radius 2 is 2.00 bits per heavy atom. The lowest BCUT2D eigenvalue weighted by Gasteiger charge is -2.32. The molecule has 2 aliphatic rings. The zero-order valence-corrected chi connectivity index (χ0v) is 11.1. The number of carbonyl (C=O) groups is 1. The Morgan fingerprint density at radius 3 is 2.58 bits per heavy atom. The predicted octanol–water partition coefficient (Wildman–Crippen LogP) is 2.22. The lowest BCUT2D eigenvalue weighted by Crippen LogP contribution is -2.49. The lowest BCUT2D eigenvalue weighted by atomic mass is 9.85. The highest BCUT2D eigenvalue weighted by atomic mass is 19.4. The molecule has 2 rings (SSSR count). The van der Waals surface area contributed by atoms with Crippen LogP contribution in [0.5, 0.6) is 0 Å². The molecule has 4 atom stereocenters. The first-order valence-electron chi connectivity index (χ1n) is 6.98. The van der Waals surface area contributed by atoms with Crippen molar-refractivity contribution in [3.63, 3.8) is 0 Å².